The predicted octanol–water partition coefficient (Wildman–Crippen LogP) is 2.91. The minimum Gasteiger partial charge on any atom is -0.329 e. The maximum absolute atomic E-state index is 11.8. The van der Waals surface area contributed by atoms with Crippen LogP contribution in [0.5, 0.6) is 0 Å². The minimum atomic E-state index is -0.450. The Hall–Kier alpha value is -2.41. The second-order valence-corrected chi connectivity index (χ2v) is 5.47. The van der Waals surface area contributed by atoms with Crippen molar-refractivity contribution >= 4 is 39.2 Å². The lowest BCUT2D eigenvalue weighted by atomic mass is 10.2. The molecule has 0 bridgehead atoms. The van der Waals surface area contributed by atoms with E-state index >= 15 is 0 Å². The number of halogens is 1. The van der Waals surface area contributed by atoms with Gasteiger partial charge in [0.25, 0.3) is 0 Å². The Bertz CT molecular complexity index is 676. The van der Waals surface area contributed by atoms with Crippen molar-refractivity contribution in [3.05, 3.63) is 52.8 Å². The number of amides is 3. The zero-order valence-corrected chi connectivity index (χ0v) is 13.5. The Morgan fingerprint density at radius 3 is 2.55 bits per heavy atom. The number of anilines is 2. The molecule has 0 unspecified atom stereocenters. The zero-order chi connectivity index (χ0) is 15.9. The molecule has 22 heavy (non-hydrogen) atoms. The van der Waals surface area contributed by atoms with Crippen molar-refractivity contribution in [2.75, 3.05) is 17.2 Å². The molecule has 0 fully saturated rings. The topological polar surface area (TPSA) is 83.1 Å². The summed E-state index contributed by atoms with van der Waals surface area (Å²) in [5.41, 5.74) is 2.25. The number of hydrogen-bond donors (Lipinski definition) is 3. The molecule has 1 aromatic heterocycles. The highest BCUT2D eigenvalue weighted by molar-refractivity contribution is 9.10. The average Bonchev–Trinajstić information content (AvgIpc) is 2.49. The van der Waals surface area contributed by atoms with Crippen LogP contribution in [0.1, 0.15) is 5.56 Å². The van der Waals surface area contributed by atoms with Crippen molar-refractivity contribution in [1.29, 1.82) is 0 Å². The molecule has 0 saturated carbocycles. The number of urea groups is 1. The molecule has 0 aliphatic carbocycles. The third kappa shape index (κ3) is 4.85. The van der Waals surface area contributed by atoms with E-state index in [4.69, 9.17) is 0 Å². The van der Waals surface area contributed by atoms with E-state index < -0.39 is 6.03 Å². The molecule has 1 heterocycles. The summed E-state index contributed by atoms with van der Waals surface area (Å²) < 4.78 is 0.942. The van der Waals surface area contributed by atoms with Crippen LogP contribution in [0.3, 0.4) is 0 Å². The Labute approximate surface area is 136 Å². The Morgan fingerprint density at radius 1 is 1.14 bits per heavy atom. The van der Waals surface area contributed by atoms with E-state index in [2.05, 4.69) is 36.9 Å². The van der Waals surface area contributed by atoms with Gasteiger partial charge in [-0.25, -0.2) is 4.79 Å². The van der Waals surface area contributed by atoms with Crippen LogP contribution in [0, 0.1) is 6.92 Å². The maximum atomic E-state index is 11.8. The lowest BCUT2D eigenvalue weighted by molar-refractivity contribution is -0.115. The number of benzene rings is 1. The summed E-state index contributed by atoms with van der Waals surface area (Å²) in [5.74, 6) is -0.296. The van der Waals surface area contributed by atoms with Gasteiger partial charge in [-0.05, 0) is 42.8 Å². The number of nitrogens with one attached hydrogen (secondary N) is 3. The van der Waals surface area contributed by atoms with Crippen LogP contribution in [-0.2, 0) is 4.79 Å². The SMILES string of the molecule is Cc1cc(Br)ccc1NC(=O)CNC(=O)Nc1ccncc1. The third-order valence-electron chi connectivity index (χ3n) is 2.81. The number of aryl methyl sites for hydroxylation is 1. The molecule has 1 aromatic carbocycles. The second kappa shape index (κ2) is 7.56. The van der Waals surface area contributed by atoms with E-state index in [-0.39, 0.29) is 12.5 Å². The summed E-state index contributed by atoms with van der Waals surface area (Å²) >= 11 is 3.36. The Kier molecular flexibility index (Phi) is 5.48. The van der Waals surface area contributed by atoms with Crippen LogP contribution in [-0.4, -0.2) is 23.5 Å². The summed E-state index contributed by atoms with van der Waals surface area (Å²) in [5, 5.41) is 7.84. The van der Waals surface area contributed by atoms with Crippen molar-refractivity contribution in [1.82, 2.24) is 10.3 Å². The van der Waals surface area contributed by atoms with Crippen LogP contribution in [0.15, 0.2) is 47.2 Å². The molecule has 0 saturated heterocycles. The van der Waals surface area contributed by atoms with Crippen LogP contribution < -0.4 is 16.0 Å². The van der Waals surface area contributed by atoms with E-state index in [9.17, 15) is 9.59 Å². The van der Waals surface area contributed by atoms with Gasteiger partial charge in [0.05, 0.1) is 6.54 Å². The van der Waals surface area contributed by atoms with Gasteiger partial charge in [-0.2, -0.15) is 0 Å². The normalized spacial score (nSPS) is 9.91. The molecule has 2 rings (SSSR count). The van der Waals surface area contributed by atoms with E-state index in [1.807, 2.05) is 19.1 Å². The highest BCUT2D eigenvalue weighted by Crippen LogP contribution is 2.19. The van der Waals surface area contributed by atoms with Gasteiger partial charge < -0.3 is 16.0 Å². The largest absolute Gasteiger partial charge is 0.329 e. The van der Waals surface area contributed by atoms with Gasteiger partial charge in [-0.3, -0.25) is 9.78 Å². The fraction of sp³-hybridized carbons (Fsp3) is 0.133. The molecule has 3 amide bonds. The number of carbonyl (C=O) groups is 2. The molecular weight excluding hydrogens is 348 g/mol. The first-order valence-corrected chi connectivity index (χ1v) is 7.35. The molecular formula is C15H15BrN4O2. The van der Waals surface area contributed by atoms with E-state index in [1.54, 1.807) is 30.6 Å². The fourth-order valence-corrected chi connectivity index (χ4v) is 2.21. The fourth-order valence-electron chi connectivity index (χ4n) is 1.73. The number of pyridine rings is 1. The van der Waals surface area contributed by atoms with Crippen molar-refractivity contribution in [2.24, 2.45) is 0 Å². The van der Waals surface area contributed by atoms with Gasteiger partial charge in [0.2, 0.25) is 5.91 Å². The van der Waals surface area contributed by atoms with Crippen molar-refractivity contribution in [2.45, 2.75) is 6.92 Å². The monoisotopic (exact) mass is 362 g/mol. The summed E-state index contributed by atoms with van der Waals surface area (Å²) in [6, 6.07) is 8.41. The molecule has 6 nitrogen and oxygen atoms in total. The highest BCUT2D eigenvalue weighted by atomic mass is 79.9. The molecule has 0 aliphatic heterocycles. The van der Waals surface area contributed by atoms with Crippen LogP contribution >= 0.6 is 15.9 Å². The highest BCUT2D eigenvalue weighted by Gasteiger charge is 2.07. The van der Waals surface area contributed by atoms with Crippen molar-refractivity contribution < 1.29 is 9.59 Å². The molecule has 3 N–H and O–H groups in total. The molecule has 0 radical (unpaired) electrons. The van der Waals surface area contributed by atoms with Crippen molar-refractivity contribution in [3.63, 3.8) is 0 Å². The van der Waals surface area contributed by atoms with E-state index in [1.165, 1.54) is 0 Å². The lowest BCUT2D eigenvalue weighted by Crippen LogP contribution is -2.35. The summed E-state index contributed by atoms with van der Waals surface area (Å²) in [7, 11) is 0. The maximum Gasteiger partial charge on any atom is 0.319 e. The molecule has 0 spiro atoms. The summed E-state index contributed by atoms with van der Waals surface area (Å²) in [4.78, 5) is 27.3. The minimum absolute atomic E-state index is 0.119. The molecule has 7 heteroatoms. The van der Waals surface area contributed by atoms with Crippen LogP contribution in [0.25, 0.3) is 0 Å². The van der Waals surface area contributed by atoms with E-state index in [0.717, 1.165) is 10.0 Å². The van der Waals surface area contributed by atoms with Gasteiger partial charge in [0.15, 0.2) is 0 Å². The molecule has 0 aliphatic rings. The van der Waals surface area contributed by atoms with Crippen LogP contribution in [0.2, 0.25) is 0 Å². The zero-order valence-electron chi connectivity index (χ0n) is 11.9. The Balaban J connectivity index is 1.81. The van der Waals surface area contributed by atoms with Crippen LogP contribution in [0.4, 0.5) is 16.2 Å². The summed E-state index contributed by atoms with van der Waals surface area (Å²) in [6.07, 6.45) is 3.14. The van der Waals surface area contributed by atoms with Gasteiger partial charge in [0, 0.05) is 28.2 Å². The van der Waals surface area contributed by atoms with Crippen molar-refractivity contribution in [3.8, 4) is 0 Å². The first-order valence-electron chi connectivity index (χ1n) is 6.55. The number of hydrogen-bond acceptors (Lipinski definition) is 3. The standard InChI is InChI=1S/C15H15BrN4O2/c1-10-8-11(16)2-3-13(10)20-14(21)9-18-15(22)19-12-4-6-17-7-5-12/h2-8H,9H2,1H3,(H,20,21)(H2,17,18,19,22). The number of nitrogens with zero attached hydrogens (tertiary/aromatic N) is 1. The second-order valence-electron chi connectivity index (χ2n) is 4.55. The quantitative estimate of drug-likeness (QED) is 0.781. The molecule has 2 aromatic rings. The predicted molar refractivity (Wildman–Crippen MR) is 88.8 cm³/mol. The average molecular weight is 363 g/mol. The first-order chi connectivity index (χ1) is 10.5. The first kappa shape index (κ1) is 16.0. The Morgan fingerprint density at radius 2 is 1.86 bits per heavy atom. The lowest BCUT2D eigenvalue weighted by Gasteiger charge is -2.10. The third-order valence-corrected chi connectivity index (χ3v) is 3.30. The van der Waals surface area contributed by atoms with Gasteiger partial charge >= 0.3 is 6.03 Å². The van der Waals surface area contributed by atoms with E-state index in [0.29, 0.717) is 11.4 Å². The number of aromatic nitrogens is 1. The summed E-state index contributed by atoms with van der Waals surface area (Å²) in [6.45, 7) is 1.77. The van der Waals surface area contributed by atoms with Gasteiger partial charge in [-0.15, -0.1) is 0 Å². The van der Waals surface area contributed by atoms with Gasteiger partial charge in [-0.1, -0.05) is 15.9 Å². The van der Waals surface area contributed by atoms with Gasteiger partial charge in [0.1, 0.15) is 0 Å². The molecule has 0 atom stereocenters. The molecule has 114 valence electrons. The smallest absolute Gasteiger partial charge is 0.319 e. The number of rotatable bonds is 4. The number of carbonyl (C=O) groups excluding carboxylic acids is 2.